The molecule has 0 heterocycles. The van der Waals surface area contributed by atoms with Crippen LogP contribution in [0.15, 0.2) is 60.7 Å². The van der Waals surface area contributed by atoms with Crippen LogP contribution in [0.2, 0.25) is 0 Å². The third-order valence-electron chi connectivity index (χ3n) is 4.43. The van der Waals surface area contributed by atoms with Gasteiger partial charge in [-0.15, -0.1) is 0 Å². The highest BCUT2D eigenvalue weighted by molar-refractivity contribution is 5.93. The van der Waals surface area contributed by atoms with Crippen molar-refractivity contribution >= 4 is 11.6 Å². The van der Waals surface area contributed by atoms with Gasteiger partial charge in [-0.25, -0.2) is 0 Å². The number of anilines is 1. The van der Waals surface area contributed by atoms with E-state index in [1.54, 1.807) is 7.11 Å². The van der Waals surface area contributed by atoms with Crippen LogP contribution in [0.25, 0.3) is 0 Å². The maximum Gasteiger partial charge on any atom is 0.227 e. The lowest BCUT2D eigenvalue weighted by Crippen LogP contribution is -2.23. The topological polar surface area (TPSA) is 38.3 Å². The Morgan fingerprint density at radius 3 is 2.71 bits per heavy atom. The number of methoxy groups -OCH3 is 1. The molecule has 0 fully saturated rings. The third kappa shape index (κ3) is 4.05. The molecule has 1 aliphatic rings. The molecule has 24 heavy (non-hydrogen) atoms. The highest BCUT2D eigenvalue weighted by Gasteiger charge is 2.19. The quantitative estimate of drug-likeness (QED) is 0.819. The molecule has 2 aromatic carbocycles. The summed E-state index contributed by atoms with van der Waals surface area (Å²) < 4.78 is 5.47. The van der Waals surface area contributed by atoms with E-state index in [1.165, 1.54) is 5.56 Å². The molecule has 0 spiro atoms. The fraction of sp³-hybridized carbons (Fsp3) is 0.286. The van der Waals surface area contributed by atoms with E-state index in [0.29, 0.717) is 0 Å². The Morgan fingerprint density at radius 1 is 1.17 bits per heavy atom. The molecule has 0 saturated carbocycles. The van der Waals surface area contributed by atoms with E-state index < -0.39 is 0 Å². The van der Waals surface area contributed by atoms with Crippen LogP contribution in [-0.4, -0.2) is 13.0 Å². The van der Waals surface area contributed by atoms with Crippen molar-refractivity contribution in [2.45, 2.75) is 25.7 Å². The van der Waals surface area contributed by atoms with Crippen LogP contribution >= 0.6 is 0 Å². The van der Waals surface area contributed by atoms with Crippen LogP contribution in [0, 0.1) is 5.92 Å². The predicted octanol–water partition coefficient (Wildman–Crippen LogP) is 4.58. The number of carbonyl (C=O) groups is 1. The standard InChI is InChI=1S/C21H23NO2/c1-24-20-13-12-19(22-21(23)17-10-6-3-7-11-17)15-18(20)14-16-8-4-2-5-9-16/h2-6,8-9,12-13,15,17H,7,10-11,14H2,1H3,(H,22,23). The van der Waals surface area contributed by atoms with Gasteiger partial charge in [0.1, 0.15) is 5.75 Å². The first-order chi connectivity index (χ1) is 11.8. The Labute approximate surface area is 143 Å². The van der Waals surface area contributed by atoms with Crippen molar-refractivity contribution in [1.82, 2.24) is 0 Å². The van der Waals surface area contributed by atoms with Crippen molar-refractivity contribution in [2.24, 2.45) is 5.92 Å². The lowest BCUT2D eigenvalue weighted by molar-refractivity contribution is -0.120. The van der Waals surface area contributed by atoms with Gasteiger partial charge < -0.3 is 10.1 Å². The van der Waals surface area contributed by atoms with E-state index in [4.69, 9.17) is 4.74 Å². The van der Waals surface area contributed by atoms with Crippen LogP contribution in [0.1, 0.15) is 30.4 Å². The van der Waals surface area contributed by atoms with Gasteiger partial charge in [-0.2, -0.15) is 0 Å². The first-order valence-corrected chi connectivity index (χ1v) is 8.43. The first-order valence-electron chi connectivity index (χ1n) is 8.43. The normalized spacial score (nSPS) is 16.6. The monoisotopic (exact) mass is 321 g/mol. The van der Waals surface area contributed by atoms with Gasteiger partial charge in [-0.3, -0.25) is 4.79 Å². The van der Waals surface area contributed by atoms with Gasteiger partial charge in [0.25, 0.3) is 0 Å². The fourth-order valence-electron chi connectivity index (χ4n) is 3.09. The minimum Gasteiger partial charge on any atom is -0.496 e. The van der Waals surface area contributed by atoms with E-state index in [1.807, 2.05) is 36.4 Å². The van der Waals surface area contributed by atoms with Gasteiger partial charge in [-0.05, 0) is 43.0 Å². The summed E-state index contributed by atoms with van der Waals surface area (Å²) in [5.74, 6) is 1.03. The number of hydrogen-bond donors (Lipinski definition) is 1. The van der Waals surface area contributed by atoms with E-state index in [0.717, 1.165) is 42.7 Å². The molecule has 0 bridgehead atoms. The van der Waals surface area contributed by atoms with Gasteiger partial charge in [0, 0.05) is 23.6 Å². The van der Waals surface area contributed by atoms with Gasteiger partial charge in [0.05, 0.1) is 7.11 Å². The van der Waals surface area contributed by atoms with Crippen molar-refractivity contribution in [1.29, 1.82) is 0 Å². The molecule has 3 rings (SSSR count). The summed E-state index contributed by atoms with van der Waals surface area (Å²) in [5.41, 5.74) is 3.13. The molecule has 0 radical (unpaired) electrons. The zero-order chi connectivity index (χ0) is 16.8. The Kier molecular flexibility index (Phi) is 5.32. The molecular formula is C21H23NO2. The van der Waals surface area contributed by atoms with Gasteiger partial charge in [0.15, 0.2) is 0 Å². The van der Waals surface area contributed by atoms with E-state index in [-0.39, 0.29) is 11.8 Å². The molecule has 1 aliphatic carbocycles. The zero-order valence-corrected chi connectivity index (χ0v) is 14.0. The average Bonchev–Trinajstić information content (AvgIpc) is 2.63. The van der Waals surface area contributed by atoms with Gasteiger partial charge in [-0.1, -0.05) is 42.5 Å². The average molecular weight is 321 g/mol. The second-order valence-electron chi connectivity index (χ2n) is 6.16. The molecular weight excluding hydrogens is 298 g/mol. The Balaban J connectivity index is 1.75. The van der Waals surface area contributed by atoms with Crippen LogP contribution < -0.4 is 10.1 Å². The molecule has 0 aliphatic heterocycles. The van der Waals surface area contributed by atoms with Crippen LogP contribution in [0.3, 0.4) is 0 Å². The molecule has 3 heteroatoms. The summed E-state index contributed by atoms with van der Waals surface area (Å²) in [4.78, 5) is 12.4. The van der Waals surface area contributed by atoms with Crippen LogP contribution in [0.5, 0.6) is 5.75 Å². The first kappa shape index (κ1) is 16.3. The van der Waals surface area contributed by atoms with Crippen LogP contribution in [-0.2, 0) is 11.2 Å². The van der Waals surface area contributed by atoms with Gasteiger partial charge in [0.2, 0.25) is 5.91 Å². The highest BCUT2D eigenvalue weighted by Crippen LogP contribution is 2.26. The lowest BCUT2D eigenvalue weighted by atomic mass is 9.93. The molecule has 1 amide bonds. The number of benzene rings is 2. The largest absolute Gasteiger partial charge is 0.496 e. The molecule has 0 aromatic heterocycles. The number of allylic oxidation sites excluding steroid dienone is 2. The summed E-state index contributed by atoms with van der Waals surface area (Å²) in [7, 11) is 1.68. The molecule has 0 saturated heterocycles. The van der Waals surface area contributed by atoms with E-state index >= 15 is 0 Å². The number of ether oxygens (including phenoxy) is 1. The van der Waals surface area contributed by atoms with Crippen molar-refractivity contribution in [3.63, 3.8) is 0 Å². The summed E-state index contributed by atoms with van der Waals surface area (Å²) >= 11 is 0. The summed E-state index contributed by atoms with van der Waals surface area (Å²) in [5, 5.41) is 3.06. The van der Waals surface area contributed by atoms with Crippen molar-refractivity contribution in [2.75, 3.05) is 12.4 Å². The fourth-order valence-corrected chi connectivity index (χ4v) is 3.09. The lowest BCUT2D eigenvalue weighted by Gasteiger charge is -2.18. The summed E-state index contributed by atoms with van der Waals surface area (Å²) in [6.45, 7) is 0. The maximum atomic E-state index is 12.4. The molecule has 124 valence electrons. The predicted molar refractivity (Wildman–Crippen MR) is 97.4 cm³/mol. The second kappa shape index (κ2) is 7.82. The molecule has 1 N–H and O–H groups in total. The summed E-state index contributed by atoms with van der Waals surface area (Å²) in [6.07, 6.45) is 7.77. The molecule has 3 nitrogen and oxygen atoms in total. The number of rotatable bonds is 5. The van der Waals surface area contributed by atoms with Gasteiger partial charge >= 0.3 is 0 Å². The summed E-state index contributed by atoms with van der Waals surface area (Å²) in [6, 6.07) is 16.1. The minimum atomic E-state index is 0.0784. The zero-order valence-electron chi connectivity index (χ0n) is 14.0. The van der Waals surface area contributed by atoms with E-state index in [2.05, 4.69) is 29.6 Å². The second-order valence-corrected chi connectivity index (χ2v) is 6.16. The Hall–Kier alpha value is -2.55. The number of hydrogen-bond acceptors (Lipinski definition) is 2. The Morgan fingerprint density at radius 2 is 2.00 bits per heavy atom. The Bertz CT molecular complexity index is 722. The maximum absolute atomic E-state index is 12.4. The van der Waals surface area contributed by atoms with E-state index in [9.17, 15) is 4.79 Å². The number of carbonyl (C=O) groups excluding carboxylic acids is 1. The SMILES string of the molecule is COc1ccc(NC(=O)C2CC=CCC2)cc1Cc1ccccc1. The number of nitrogens with one attached hydrogen (secondary N) is 1. The molecule has 1 unspecified atom stereocenters. The molecule has 2 aromatic rings. The number of amides is 1. The minimum absolute atomic E-state index is 0.0784. The van der Waals surface area contributed by atoms with Crippen molar-refractivity contribution < 1.29 is 9.53 Å². The third-order valence-corrected chi connectivity index (χ3v) is 4.43. The highest BCUT2D eigenvalue weighted by atomic mass is 16.5. The smallest absolute Gasteiger partial charge is 0.227 e. The molecule has 1 atom stereocenters. The van der Waals surface area contributed by atoms with Crippen LogP contribution in [0.4, 0.5) is 5.69 Å². The van der Waals surface area contributed by atoms with Crippen molar-refractivity contribution in [3.8, 4) is 5.75 Å². The van der Waals surface area contributed by atoms with Crippen molar-refractivity contribution in [3.05, 3.63) is 71.8 Å².